The molecule has 1 saturated heterocycles. The second-order valence-corrected chi connectivity index (χ2v) is 7.97. The summed E-state index contributed by atoms with van der Waals surface area (Å²) in [4.78, 5) is 33.4. The number of ether oxygens (including phenoxy) is 1. The van der Waals surface area contributed by atoms with Gasteiger partial charge in [0.05, 0.1) is 12.5 Å². The molecule has 3 atom stereocenters. The fraction of sp³-hybridized carbons (Fsp3) is 0.429. The number of amides is 1. The first-order valence-corrected chi connectivity index (χ1v) is 9.95. The Morgan fingerprint density at radius 3 is 2.76 bits per heavy atom. The van der Waals surface area contributed by atoms with Crippen molar-refractivity contribution in [3.05, 3.63) is 42.5 Å². The molecule has 3 aromatic rings. The number of fused-ring (bicyclic) bond motifs is 2. The predicted octanol–water partition coefficient (Wildman–Crippen LogP) is 2.35. The number of likely N-dealkylation sites (tertiary alicyclic amines) is 1. The molecular formula is C21H24N6O2. The molecule has 2 aliphatic rings. The molecule has 1 aliphatic carbocycles. The van der Waals surface area contributed by atoms with E-state index in [1.54, 1.807) is 25.6 Å². The Morgan fingerprint density at radius 1 is 1.21 bits per heavy atom. The molecule has 4 heterocycles. The van der Waals surface area contributed by atoms with Crippen LogP contribution in [0.15, 0.2) is 36.8 Å². The third-order valence-corrected chi connectivity index (χ3v) is 6.38. The largest absolute Gasteiger partial charge is 0.481 e. The monoisotopic (exact) mass is 392 g/mol. The Balaban J connectivity index is 1.27. The molecule has 8 nitrogen and oxygen atoms in total. The smallest absolute Gasteiger partial charge is 0.272 e. The van der Waals surface area contributed by atoms with Crippen LogP contribution in [-0.2, 0) is 0 Å². The molecule has 1 aliphatic heterocycles. The summed E-state index contributed by atoms with van der Waals surface area (Å²) in [5.41, 5.74) is 1.32. The fourth-order valence-corrected chi connectivity index (χ4v) is 4.87. The van der Waals surface area contributed by atoms with Crippen LogP contribution < -0.4 is 9.64 Å². The second kappa shape index (κ2) is 7.02. The van der Waals surface area contributed by atoms with E-state index in [1.807, 2.05) is 23.2 Å². The van der Waals surface area contributed by atoms with Gasteiger partial charge in [-0.3, -0.25) is 4.79 Å². The topological polar surface area (TPSA) is 87.2 Å². The molecule has 0 aromatic carbocycles. The zero-order valence-corrected chi connectivity index (χ0v) is 16.6. The Morgan fingerprint density at radius 2 is 2.00 bits per heavy atom. The first kappa shape index (κ1) is 17.9. The number of pyridine rings is 1. The van der Waals surface area contributed by atoms with Gasteiger partial charge in [-0.2, -0.15) is 0 Å². The lowest BCUT2D eigenvalue weighted by Crippen LogP contribution is -2.34. The van der Waals surface area contributed by atoms with Crippen LogP contribution in [0, 0.1) is 11.8 Å². The molecule has 5 rings (SSSR count). The van der Waals surface area contributed by atoms with E-state index >= 15 is 0 Å². The van der Waals surface area contributed by atoms with Crippen molar-refractivity contribution in [1.82, 2.24) is 24.8 Å². The van der Waals surface area contributed by atoms with E-state index in [4.69, 9.17) is 4.74 Å². The number of rotatable bonds is 4. The van der Waals surface area contributed by atoms with Crippen molar-refractivity contribution in [3.63, 3.8) is 0 Å². The summed E-state index contributed by atoms with van der Waals surface area (Å²) < 4.78 is 5.15. The summed E-state index contributed by atoms with van der Waals surface area (Å²) in [5.74, 6) is 2.46. The van der Waals surface area contributed by atoms with Gasteiger partial charge in [0.15, 0.2) is 0 Å². The van der Waals surface area contributed by atoms with Gasteiger partial charge in [0.1, 0.15) is 23.5 Å². The van der Waals surface area contributed by atoms with E-state index in [2.05, 4.69) is 31.9 Å². The number of carbonyl (C=O) groups is 1. The second-order valence-electron chi connectivity index (χ2n) is 7.97. The Kier molecular flexibility index (Phi) is 4.34. The van der Waals surface area contributed by atoms with Gasteiger partial charge in [-0.15, -0.1) is 0 Å². The number of hydrogen-bond acceptors (Lipinski definition) is 6. The number of aromatic nitrogens is 4. The minimum Gasteiger partial charge on any atom is -0.481 e. The molecule has 1 amide bonds. The summed E-state index contributed by atoms with van der Waals surface area (Å²) in [6.07, 6.45) is 5.64. The van der Waals surface area contributed by atoms with Gasteiger partial charge in [0, 0.05) is 38.4 Å². The summed E-state index contributed by atoms with van der Waals surface area (Å²) >= 11 is 0. The Hall–Kier alpha value is -3.16. The minimum atomic E-state index is -0.00645. The molecular weight excluding hydrogens is 368 g/mol. The van der Waals surface area contributed by atoms with Crippen molar-refractivity contribution in [2.75, 3.05) is 32.1 Å². The molecule has 0 spiro atoms. The predicted molar refractivity (Wildman–Crippen MR) is 109 cm³/mol. The number of nitrogens with zero attached hydrogens (tertiary/aromatic N) is 5. The number of carbonyl (C=O) groups excluding carboxylic acids is 1. The quantitative estimate of drug-likeness (QED) is 0.733. The molecule has 150 valence electrons. The maximum absolute atomic E-state index is 12.9. The maximum atomic E-state index is 12.9. The van der Waals surface area contributed by atoms with E-state index in [9.17, 15) is 4.79 Å². The average Bonchev–Trinajstić information content (AvgIpc) is 3.46. The summed E-state index contributed by atoms with van der Waals surface area (Å²) in [7, 11) is 3.68. The molecule has 8 heteroatoms. The Labute approximate surface area is 168 Å². The number of hydrogen-bond donors (Lipinski definition) is 1. The number of aromatic amines is 1. The first-order valence-electron chi connectivity index (χ1n) is 9.95. The van der Waals surface area contributed by atoms with Crippen molar-refractivity contribution >= 4 is 22.8 Å². The lowest BCUT2D eigenvalue weighted by atomic mass is 10.0. The van der Waals surface area contributed by atoms with Crippen LogP contribution in [0.25, 0.3) is 11.0 Å². The highest BCUT2D eigenvalue weighted by molar-refractivity contribution is 5.92. The van der Waals surface area contributed by atoms with Gasteiger partial charge >= 0.3 is 0 Å². The zero-order chi connectivity index (χ0) is 20.0. The number of nitrogens with one attached hydrogen (secondary N) is 1. The van der Waals surface area contributed by atoms with E-state index in [1.165, 1.54) is 0 Å². The number of anilines is 1. The standard InChI is InChI=1S/C21H24N6O2/c1-26(20-16-6-7-22-19(16)23-12-24-20)15-8-13-10-27(11-14(13)9-15)21(28)17-4-3-5-18(25-17)29-2/h3-7,12-15H,8-11H2,1-2H3,(H,22,23,24)/t13-,14+,15+. The van der Waals surface area contributed by atoms with E-state index in [0.29, 0.717) is 29.5 Å². The number of H-pyrrole nitrogens is 1. The summed E-state index contributed by atoms with van der Waals surface area (Å²) in [5, 5.41) is 1.05. The van der Waals surface area contributed by atoms with Crippen LogP contribution in [-0.4, -0.2) is 64.0 Å². The lowest BCUT2D eigenvalue weighted by molar-refractivity contribution is 0.0773. The highest BCUT2D eigenvalue weighted by Gasteiger charge is 2.44. The summed E-state index contributed by atoms with van der Waals surface area (Å²) in [6.45, 7) is 1.58. The molecule has 1 N–H and O–H groups in total. The van der Waals surface area contributed by atoms with Gasteiger partial charge in [0.25, 0.3) is 5.91 Å². The average molecular weight is 392 g/mol. The van der Waals surface area contributed by atoms with Crippen molar-refractivity contribution in [1.29, 1.82) is 0 Å². The molecule has 0 bridgehead atoms. The normalized spacial score (nSPS) is 23.4. The lowest BCUT2D eigenvalue weighted by Gasteiger charge is -2.28. The highest BCUT2D eigenvalue weighted by Crippen LogP contribution is 2.41. The van der Waals surface area contributed by atoms with Crippen LogP contribution in [0.5, 0.6) is 5.88 Å². The van der Waals surface area contributed by atoms with Crippen LogP contribution >= 0.6 is 0 Å². The van der Waals surface area contributed by atoms with Crippen LogP contribution in [0.4, 0.5) is 5.82 Å². The van der Waals surface area contributed by atoms with Crippen molar-refractivity contribution in [3.8, 4) is 5.88 Å². The van der Waals surface area contributed by atoms with E-state index < -0.39 is 0 Å². The third-order valence-electron chi connectivity index (χ3n) is 6.38. The molecule has 0 radical (unpaired) electrons. The van der Waals surface area contributed by atoms with Crippen LogP contribution in [0.3, 0.4) is 0 Å². The maximum Gasteiger partial charge on any atom is 0.272 e. The molecule has 0 unspecified atom stereocenters. The molecule has 3 aromatic heterocycles. The number of methoxy groups -OCH3 is 1. The molecule has 29 heavy (non-hydrogen) atoms. The molecule has 2 fully saturated rings. The van der Waals surface area contributed by atoms with Crippen molar-refractivity contribution in [2.24, 2.45) is 11.8 Å². The highest BCUT2D eigenvalue weighted by atomic mass is 16.5. The van der Waals surface area contributed by atoms with Crippen molar-refractivity contribution < 1.29 is 9.53 Å². The SMILES string of the molecule is COc1cccc(C(=O)N2C[C@H]3C[C@H](N(C)c4ncnc5[nH]ccc45)C[C@H]3C2)n1. The van der Waals surface area contributed by atoms with Gasteiger partial charge in [-0.05, 0) is 36.8 Å². The van der Waals surface area contributed by atoms with Crippen LogP contribution in [0.2, 0.25) is 0 Å². The van der Waals surface area contributed by atoms with E-state index in [-0.39, 0.29) is 5.91 Å². The molecule has 1 saturated carbocycles. The minimum absolute atomic E-state index is 0.00645. The zero-order valence-electron chi connectivity index (χ0n) is 16.6. The van der Waals surface area contributed by atoms with Gasteiger partial charge < -0.3 is 19.5 Å². The van der Waals surface area contributed by atoms with E-state index in [0.717, 1.165) is 42.8 Å². The van der Waals surface area contributed by atoms with Crippen LogP contribution in [0.1, 0.15) is 23.3 Å². The summed E-state index contributed by atoms with van der Waals surface area (Å²) in [6, 6.07) is 7.77. The first-order chi connectivity index (χ1) is 14.1. The van der Waals surface area contributed by atoms with Gasteiger partial charge in [-0.25, -0.2) is 15.0 Å². The van der Waals surface area contributed by atoms with Crippen molar-refractivity contribution in [2.45, 2.75) is 18.9 Å². The Bertz CT molecular complexity index is 1040. The fourth-order valence-electron chi connectivity index (χ4n) is 4.87. The van der Waals surface area contributed by atoms with Gasteiger partial charge in [-0.1, -0.05) is 6.07 Å². The van der Waals surface area contributed by atoms with Gasteiger partial charge in [0.2, 0.25) is 5.88 Å². The third kappa shape index (κ3) is 3.08.